The highest BCUT2D eigenvalue weighted by atomic mass is 16.5. The van der Waals surface area contributed by atoms with Crippen LogP contribution in [0.25, 0.3) is 10.9 Å². The topological polar surface area (TPSA) is 84.1 Å². The summed E-state index contributed by atoms with van der Waals surface area (Å²) < 4.78 is 7.00. The third kappa shape index (κ3) is 3.63. The Labute approximate surface area is 141 Å². The molecule has 24 heavy (non-hydrogen) atoms. The van der Waals surface area contributed by atoms with Gasteiger partial charge in [-0.2, -0.15) is 5.26 Å². The fourth-order valence-corrected chi connectivity index (χ4v) is 2.58. The number of rotatable bonds is 7. The van der Waals surface area contributed by atoms with Crippen molar-refractivity contribution in [2.45, 2.75) is 26.4 Å². The first kappa shape index (κ1) is 17.7. The van der Waals surface area contributed by atoms with E-state index in [9.17, 15) is 14.9 Å². The van der Waals surface area contributed by atoms with E-state index < -0.39 is 17.6 Å². The molecule has 6 nitrogen and oxygen atoms in total. The molecule has 0 aliphatic carbocycles. The van der Waals surface area contributed by atoms with Gasteiger partial charge in [0.25, 0.3) is 0 Å². The van der Waals surface area contributed by atoms with Crippen LogP contribution in [0, 0.1) is 17.2 Å². The number of para-hydroxylation sites is 1. The molecule has 0 radical (unpaired) electrons. The van der Waals surface area contributed by atoms with Gasteiger partial charge in [0, 0.05) is 42.4 Å². The number of amides is 1. The first-order valence-corrected chi connectivity index (χ1v) is 7.80. The van der Waals surface area contributed by atoms with Crippen LogP contribution in [0.1, 0.15) is 24.2 Å². The second-order valence-electron chi connectivity index (χ2n) is 5.84. The minimum atomic E-state index is -1.35. The van der Waals surface area contributed by atoms with E-state index in [1.54, 1.807) is 27.2 Å². The number of benzene rings is 1. The molecule has 1 atom stereocenters. The van der Waals surface area contributed by atoms with E-state index in [-0.39, 0.29) is 6.04 Å². The number of carbonyl (C=O) groups is 2. The molecule has 1 amide bonds. The van der Waals surface area contributed by atoms with Gasteiger partial charge in [0.05, 0.1) is 12.7 Å². The minimum absolute atomic E-state index is 0.135. The van der Waals surface area contributed by atoms with Crippen molar-refractivity contribution in [3.63, 3.8) is 0 Å². The molecular formula is C18H21N3O3. The van der Waals surface area contributed by atoms with Gasteiger partial charge in [0.1, 0.15) is 0 Å². The van der Waals surface area contributed by atoms with Gasteiger partial charge in [0.15, 0.2) is 11.7 Å². The lowest BCUT2D eigenvalue weighted by atomic mass is 9.97. The summed E-state index contributed by atoms with van der Waals surface area (Å²) in [5.41, 5.74) is 1.26. The van der Waals surface area contributed by atoms with Crippen molar-refractivity contribution in [2.24, 2.45) is 5.92 Å². The van der Waals surface area contributed by atoms with E-state index in [2.05, 4.69) is 5.32 Å². The molecule has 2 rings (SSSR count). The van der Waals surface area contributed by atoms with Crippen LogP contribution in [0.15, 0.2) is 30.5 Å². The quantitative estimate of drug-likeness (QED) is 0.624. The maximum absolute atomic E-state index is 12.8. The Morgan fingerprint density at radius 3 is 2.67 bits per heavy atom. The van der Waals surface area contributed by atoms with Crippen LogP contribution in [-0.4, -0.2) is 36.0 Å². The maximum atomic E-state index is 12.8. The third-order valence-corrected chi connectivity index (χ3v) is 3.67. The Morgan fingerprint density at radius 1 is 1.33 bits per heavy atom. The normalized spacial score (nSPS) is 12.1. The highest BCUT2D eigenvalue weighted by Gasteiger charge is 2.30. The molecule has 2 aromatic rings. The smallest absolute Gasteiger partial charge is 0.245 e. The second-order valence-corrected chi connectivity index (χ2v) is 5.84. The second kappa shape index (κ2) is 7.75. The Balaban J connectivity index is 2.41. The molecule has 1 aromatic heterocycles. The Morgan fingerprint density at radius 2 is 2.04 bits per heavy atom. The molecule has 1 aromatic carbocycles. The number of nitriles is 1. The highest BCUT2D eigenvalue weighted by Crippen LogP contribution is 2.24. The number of carbonyl (C=O) groups excluding carboxylic acids is 2. The number of methoxy groups -OCH3 is 1. The van der Waals surface area contributed by atoms with Crippen LogP contribution in [0.5, 0.6) is 0 Å². The molecule has 0 fully saturated rings. The number of Topliss-reactive ketones (excluding diaryl/α,β-unsaturated/α-hetero) is 1. The van der Waals surface area contributed by atoms with Crippen LogP contribution >= 0.6 is 0 Å². The van der Waals surface area contributed by atoms with E-state index in [1.165, 1.54) is 0 Å². The van der Waals surface area contributed by atoms with Crippen LogP contribution in [0.2, 0.25) is 0 Å². The van der Waals surface area contributed by atoms with Gasteiger partial charge in [-0.25, -0.2) is 0 Å². The van der Waals surface area contributed by atoms with Crippen molar-refractivity contribution < 1.29 is 14.3 Å². The summed E-state index contributed by atoms with van der Waals surface area (Å²) in [6.45, 7) is 4.66. The zero-order chi connectivity index (χ0) is 17.7. The standard InChI is InChI=1S/C18H21N3O3/c1-12(2)20-18(23)14(10-19)17(22)15-11-21(8-9-24-3)16-7-5-4-6-13(15)16/h4-7,11-12,14H,8-9H2,1-3H3,(H,20,23)/t14-/m0/s1. The van der Waals surface area contributed by atoms with Gasteiger partial charge >= 0.3 is 0 Å². The predicted octanol–water partition coefficient (Wildman–Crippen LogP) is 2.13. The lowest BCUT2D eigenvalue weighted by molar-refractivity contribution is -0.122. The number of hydrogen-bond acceptors (Lipinski definition) is 4. The number of ether oxygens (including phenoxy) is 1. The van der Waals surface area contributed by atoms with Crippen molar-refractivity contribution >= 4 is 22.6 Å². The van der Waals surface area contributed by atoms with Crippen molar-refractivity contribution in [3.8, 4) is 6.07 Å². The van der Waals surface area contributed by atoms with E-state index in [4.69, 9.17) is 4.74 Å². The SMILES string of the molecule is COCCn1cc(C(=O)[C@H](C#N)C(=O)NC(C)C)c2ccccc21. The van der Waals surface area contributed by atoms with Crippen molar-refractivity contribution in [1.82, 2.24) is 9.88 Å². The molecule has 0 aliphatic heterocycles. The monoisotopic (exact) mass is 327 g/mol. The lowest BCUT2D eigenvalue weighted by Gasteiger charge is -2.11. The molecule has 1 N–H and O–H groups in total. The maximum Gasteiger partial charge on any atom is 0.245 e. The Hall–Kier alpha value is -2.65. The summed E-state index contributed by atoms with van der Waals surface area (Å²) in [5.74, 6) is -2.40. The number of fused-ring (bicyclic) bond motifs is 1. The average molecular weight is 327 g/mol. The molecule has 0 bridgehead atoms. The fourth-order valence-electron chi connectivity index (χ4n) is 2.58. The Kier molecular flexibility index (Phi) is 5.72. The largest absolute Gasteiger partial charge is 0.383 e. The van der Waals surface area contributed by atoms with Gasteiger partial charge in [-0.1, -0.05) is 18.2 Å². The molecule has 0 unspecified atom stereocenters. The van der Waals surface area contributed by atoms with Crippen molar-refractivity contribution in [2.75, 3.05) is 13.7 Å². The van der Waals surface area contributed by atoms with E-state index in [0.717, 1.165) is 10.9 Å². The zero-order valence-corrected chi connectivity index (χ0v) is 14.1. The average Bonchev–Trinajstić information content (AvgIpc) is 2.91. The van der Waals surface area contributed by atoms with Crippen molar-refractivity contribution in [1.29, 1.82) is 5.26 Å². The van der Waals surface area contributed by atoms with Crippen LogP contribution in [0.4, 0.5) is 0 Å². The summed E-state index contributed by atoms with van der Waals surface area (Å²) in [7, 11) is 1.61. The van der Waals surface area contributed by atoms with Gasteiger partial charge < -0.3 is 14.6 Å². The zero-order valence-electron chi connectivity index (χ0n) is 14.1. The van der Waals surface area contributed by atoms with Gasteiger partial charge in [-0.15, -0.1) is 0 Å². The number of hydrogen-bond donors (Lipinski definition) is 1. The van der Waals surface area contributed by atoms with E-state index >= 15 is 0 Å². The number of nitrogens with zero attached hydrogens (tertiary/aromatic N) is 2. The summed E-state index contributed by atoms with van der Waals surface area (Å²) in [5, 5.41) is 12.7. The lowest BCUT2D eigenvalue weighted by Crippen LogP contribution is -2.38. The molecule has 0 spiro atoms. The van der Waals surface area contributed by atoms with Gasteiger partial charge in [-0.3, -0.25) is 9.59 Å². The fraction of sp³-hybridized carbons (Fsp3) is 0.389. The summed E-state index contributed by atoms with van der Waals surface area (Å²) in [6, 6.07) is 9.12. The molecular weight excluding hydrogens is 306 g/mol. The van der Waals surface area contributed by atoms with Crippen LogP contribution < -0.4 is 5.32 Å². The molecule has 1 heterocycles. The van der Waals surface area contributed by atoms with Crippen molar-refractivity contribution in [3.05, 3.63) is 36.0 Å². The minimum Gasteiger partial charge on any atom is -0.383 e. The van der Waals surface area contributed by atoms with Gasteiger partial charge in [0.2, 0.25) is 5.91 Å². The number of ketones is 1. The predicted molar refractivity (Wildman–Crippen MR) is 90.5 cm³/mol. The summed E-state index contributed by atoms with van der Waals surface area (Å²) in [6.07, 6.45) is 1.69. The van der Waals surface area contributed by atoms with Gasteiger partial charge in [-0.05, 0) is 19.9 Å². The number of nitrogens with one attached hydrogen (secondary N) is 1. The van der Waals surface area contributed by atoms with Crippen LogP contribution in [0.3, 0.4) is 0 Å². The summed E-state index contributed by atoms with van der Waals surface area (Å²) in [4.78, 5) is 24.9. The first-order valence-electron chi connectivity index (χ1n) is 7.80. The molecule has 0 saturated carbocycles. The van der Waals surface area contributed by atoms with E-state index in [1.807, 2.05) is 34.9 Å². The molecule has 6 heteroatoms. The number of aromatic nitrogens is 1. The highest BCUT2D eigenvalue weighted by molar-refractivity contribution is 6.17. The van der Waals surface area contributed by atoms with Crippen LogP contribution in [-0.2, 0) is 16.1 Å². The van der Waals surface area contributed by atoms with E-state index in [0.29, 0.717) is 18.7 Å². The first-order chi connectivity index (χ1) is 11.5. The summed E-state index contributed by atoms with van der Waals surface area (Å²) >= 11 is 0. The molecule has 126 valence electrons. The molecule has 0 aliphatic rings. The molecule has 0 saturated heterocycles. The third-order valence-electron chi connectivity index (χ3n) is 3.67. The Bertz CT molecular complexity index is 786.